The van der Waals surface area contributed by atoms with Crippen LogP contribution in [0.15, 0.2) is 41.3 Å². The Bertz CT molecular complexity index is 1170. The zero-order chi connectivity index (χ0) is 22.3. The molecule has 0 bridgehead atoms. The SMILES string of the molecule is O=C1C[C@@H](C(=O)N2CCN(S(=O)(=O)c3cccc(Cl)c3Cl)CC2)c2ccc(F)cc2N1. The number of rotatable bonds is 3. The van der Waals surface area contributed by atoms with Gasteiger partial charge in [0, 0.05) is 38.3 Å². The minimum atomic E-state index is -3.88. The molecule has 2 aromatic carbocycles. The van der Waals surface area contributed by atoms with Crippen molar-refractivity contribution in [1.82, 2.24) is 9.21 Å². The van der Waals surface area contributed by atoms with Crippen LogP contribution in [0.2, 0.25) is 10.0 Å². The summed E-state index contributed by atoms with van der Waals surface area (Å²) in [5.41, 5.74) is 0.832. The molecule has 1 saturated heterocycles. The molecule has 0 saturated carbocycles. The third-order valence-corrected chi connectivity index (χ3v) is 8.31. The van der Waals surface area contributed by atoms with Crippen LogP contribution in [-0.4, -0.2) is 55.6 Å². The average Bonchev–Trinajstić information content (AvgIpc) is 2.74. The Morgan fingerprint density at radius 3 is 2.52 bits per heavy atom. The van der Waals surface area contributed by atoms with Crippen molar-refractivity contribution in [3.8, 4) is 0 Å². The Morgan fingerprint density at radius 2 is 1.81 bits per heavy atom. The summed E-state index contributed by atoms with van der Waals surface area (Å²) < 4.78 is 40.7. The maximum atomic E-state index is 13.5. The maximum absolute atomic E-state index is 13.5. The third-order valence-electron chi connectivity index (χ3n) is 5.44. The molecule has 0 aliphatic carbocycles. The van der Waals surface area contributed by atoms with Gasteiger partial charge in [-0.05, 0) is 29.8 Å². The van der Waals surface area contributed by atoms with Gasteiger partial charge in [0.2, 0.25) is 21.8 Å². The van der Waals surface area contributed by atoms with E-state index in [9.17, 15) is 22.4 Å². The molecule has 0 aromatic heterocycles. The number of amides is 2. The molecule has 2 aliphatic rings. The number of carbonyl (C=O) groups excluding carboxylic acids is 2. The number of anilines is 1. The van der Waals surface area contributed by atoms with Gasteiger partial charge in [-0.15, -0.1) is 0 Å². The molecule has 1 N–H and O–H groups in total. The largest absolute Gasteiger partial charge is 0.340 e. The molecule has 2 heterocycles. The van der Waals surface area contributed by atoms with E-state index < -0.39 is 21.8 Å². The molecule has 2 aromatic rings. The molecule has 1 atom stereocenters. The van der Waals surface area contributed by atoms with Crippen LogP contribution < -0.4 is 5.32 Å². The minimum absolute atomic E-state index is 0.0419. The summed E-state index contributed by atoms with van der Waals surface area (Å²) in [5, 5.41) is 2.68. The Hall–Kier alpha value is -2.20. The highest BCUT2D eigenvalue weighted by Crippen LogP contribution is 2.35. The molecule has 0 radical (unpaired) electrons. The lowest BCUT2D eigenvalue weighted by molar-refractivity contribution is -0.136. The third kappa shape index (κ3) is 4.15. The van der Waals surface area contributed by atoms with E-state index in [1.54, 1.807) is 0 Å². The zero-order valence-electron chi connectivity index (χ0n) is 16.1. The Morgan fingerprint density at radius 1 is 1.10 bits per heavy atom. The summed E-state index contributed by atoms with van der Waals surface area (Å²) in [6.07, 6.45) is -0.0475. The second-order valence-corrected chi connectivity index (χ2v) is 10.0. The van der Waals surface area contributed by atoms with Crippen LogP contribution in [0.5, 0.6) is 0 Å². The molecule has 7 nitrogen and oxygen atoms in total. The van der Waals surface area contributed by atoms with Crippen LogP contribution in [0, 0.1) is 5.82 Å². The Kier molecular flexibility index (Phi) is 5.95. The number of benzene rings is 2. The van der Waals surface area contributed by atoms with E-state index in [4.69, 9.17) is 23.2 Å². The number of carbonyl (C=O) groups is 2. The number of nitrogens with zero attached hydrogens (tertiary/aromatic N) is 2. The van der Waals surface area contributed by atoms with Gasteiger partial charge in [0.05, 0.1) is 16.0 Å². The van der Waals surface area contributed by atoms with Gasteiger partial charge in [-0.2, -0.15) is 4.31 Å². The number of fused-ring (bicyclic) bond motifs is 1. The molecule has 31 heavy (non-hydrogen) atoms. The summed E-state index contributed by atoms with van der Waals surface area (Å²) in [5.74, 6) is -1.91. The van der Waals surface area contributed by atoms with Crippen molar-refractivity contribution in [3.05, 3.63) is 57.8 Å². The molecule has 164 valence electrons. The fourth-order valence-corrected chi connectivity index (χ4v) is 6.01. The molecule has 2 amide bonds. The van der Waals surface area contributed by atoms with E-state index in [1.165, 1.54) is 45.6 Å². The molecule has 1 fully saturated rings. The summed E-state index contributed by atoms with van der Waals surface area (Å²) in [6.45, 7) is 0.466. The quantitative estimate of drug-likeness (QED) is 0.723. The van der Waals surface area contributed by atoms with E-state index in [0.717, 1.165) is 0 Å². The van der Waals surface area contributed by atoms with Crippen molar-refractivity contribution < 1.29 is 22.4 Å². The number of hydrogen-bond acceptors (Lipinski definition) is 4. The lowest BCUT2D eigenvalue weighted by Gasteiger charge is -2.37. The number of halogens is 3. The predicted molar refractivity (Wildman–Crippen MR) is 114 cm³/mol. The summed E-state index contributed by atoms with van der Waals surface area (Å²) in [7, 11) is -3.88. The van der Waals surface area contributed by atoms with Gasteiger partial charge in [-0.3, -0.25) is 9.59 Å². The predicted octanol–water partition coefficient (Wildman–Crippen LogP) is 3.09. The number of nitrogens with one attached hydrogen (secondary N) is 1. The van der Waals surface area contributed by atoms with Gasteiger partial charge in [-0.25, -0.2) is 12.8 Å². The number of hydrogen-bond donors (Lipinski definition) is 1. The van der Waals surface area contributed by atoms with Crippen molar-refractivity contribution in [3.63, 3.8) is 0 Å². The minimum Gasteiger partial charge on any atom is -0.340 e. The average molecular weight is 486 g/mol. The van der Waals surface area contributed by atoms with Gasteiger partial charge < -0.3 is 10.2 Å². The zero-order valence-corrected chi connectivity index (χ0v) is 18.5. The van der Waals surface area contributed by atoms with E-state index >= 15 is 0 Å². The van der Waals surface area contributed by atoms with Gasteiger partial charge in [0.1, 0.15) is 10.7 Å². The standard InChI is InChI=1S/C20H18Cl2FN3O4S/c21-15-2-1-3-17(19(15)22)31(29,30)26-8-6-25(7-9-26)20(28)14-11-18(27)24-16-10-12(23)4-5-13(14)16/h1-5,10,14H,6-9,11H2,(H,24,27)/t14-/m1/s1. The molecule has 11 heteroatoms. The van der Waals surface area contributed by atoms with E-state index in [1.807, 2.05) is 0 Å². The second-order valence-electron chi connectivity index (χ2n) is 7.32. The first-order valence-corrected chi connectivity index (χ1v) is 11.7. The summed E-state index contributed by atoms with van der Waals surface area (Å²) in [6, 6.07) is 8.33. The van der Waals surface area contributed by atoms with Crippen LogP contribution >= 0.6 is 23.2 Å². The maximum Gasteiger partial charge on any atom is 0.244 e. The summed E-state index contributed by atoms with van der Waals surface area (Å²) in [4.78, 5) is 26.6. The van der Waals surface area contributed by atoms with Crippen LogP contribution in [0.3, 0.4) is 0 Å². The highest BCUT2D eigenvalue weighted by molar-refractivity contribution is 7.89. The first-order valence-electron chi connectivity index (χ1n) is 9.50. The first kappa shape index (κ1) is 22.0. The van der Waals surface area contributed by atoms with Crippen molar-refractivity contribution >= 4 is 50.7 Å². The monoisotopic (exact) mass is 485 g/mol. The Balaban J connectivity index is 1.50. The fraction of sp³-hybridized carbons (Fsp3) is 0.300. The number of sulfonamides is 1. The van der Waals surface area contributed by atoms with Crippen LogP contribution in [0.25, 0.3) is 0 Å². The van der Waals surface area contributed by atoms with E-state index in [-0.39, 0.29) is 65.0 Å². The molecule has 0 spiro atoms. The van der Waals surface area contributed by atoms with E-state index in [2.05, 4.69) is 5.32 Å². The van der Waals surface area contributed by atoms with E-state index in [0.29, 0.717) is 5.56 Å². The topological polar surface area (TPSA) is 86.8 Å². The van der Waals surface area contributed by atoms with Gasteiger partial charge in [-0.1, -0.05) is 35.3 Å². The highest BCUT2D eigenvalue weighted by Gasteiger charge is 2.37. The molecular weight excluding hydrogens is 468 g/mol. The van der Waals surface area contributed by atoms with Gasteiger partial charge in [0.15, 0.2) is 0 Å². The first-order chi connectivity index (χ1) is 14.7. The Labute approximate surface area is 188 Å². The van der Waals surface area contributed by atoms with Crippen LogP contribution in [0.4, 0.5) is 10.1 Å². The smallest absolute Gasteiger partial charge is 0.244 e. The van der Waals surface area contributed by atoms with Gasteiger partial charge in [0.25, 0.3) is 0 Å². The molecule has 4 rings (SSSR count). The van der Waals surface area contributed by atoms with Crippen molar-refractivity contribution in [2.75, 3.05) is 31.5 Å². The lowest BCUT2D eigenvalue weighted by Crippen LogP contribution is -2.52. The second kappa shape index (κ2) is 8.38. The normalized spacial score (nSPS) is 19.6. The fourth-order valence-electron chi connectivity index (χ4n) is 3.85. The van der Waals surface area contributed by atoms with Crippen molar-refractivity contribution in [2.45, 2.75) is 17.2 Å². The highest BCUT2D eigenvalue weighted by atomic mass is 35.5. The van der Waals surface area contributed by atoms with Crippen molar-refractivity contribution in [1.29, 1.82) is 0 Å². The van der Waals surface area contributed by atoms with Crippen LogP contribution in [0.1, 0.15) is 17.9 Å². The lowest BCUT2D eigenvalue weighted by atomic mass is 9.89. The van der Waals surface area contributed by atoms with Crippen LogP contribution in [-0.2, 0) is 19.6 Å². The number of piperazine rings is 1. The molecule has 0 unspecified atom stereocenters. The van der Waals surface area contributed by atoms with Gasteiger partial charge >= 0.3 is 0 Å². The van der Waals surface area contributed by atoms with Crippen molar-refractivity contribution in [2.24, 2.45) is 0 Å². The molecule has 2 aliphatic heterocycles. The molecular formula is C20H18Cl2FN3O4S. The summed E-state index contributed by atoms with van der Waals surface area (Å²) >= 11 is 12.0.